The van der Waals surface area contributed by atoms with Crippen molar-refractivity contribution in [3.05, 3.63) is 0 Å². The fourth-order valence-corrected chi connectivity index (χ4v) is 3.17. The Morgan fingerprint density at radius 2 is 1.06 bits per heavy atom. The van der Waals surface area contributed by atoms with E-state index in [2.05, 4.69) is 23.7 Å². The van der Waals surface area contributed by atoms with Crippen molar-refractivity contribution in [2.75, 3.05) is 0 Å². The zero-order chi connectivity index (χ0) is 11.2. The van der Waals surface area contributed by atoms with Crippen LogP contribution in [-0.2, 0) is 0 Å². The van der Waals surface area contributed by atoms with E-state index < -0.39 is 0 Å². The Labute approximate surface area is 105 Å². The molecule has 0 atom stereocenters. The summed E-state index contributed by atoms with van der Waals surface area (Å²) in [4.78, 5) is 0. The molecule has 0 bridgehead atoms. The van der Waals surface area contributed by atoms with Gasteiger partial charge in [0.1, 0.15) is 0 Å². The summed E-state index contributed by atoms with van der Waals surface area (Å²) in [6.45, 7) is 0. The molecule has 4 heteroatoms. The predicted molar refractivity (Wildman–Crippen MR) is 70.8 cm³/mol. The van der Waals surface area contributed by atoms with E-state index in [4.69, 9.17) is 0 Å². The summed E-state index contributed by atoms with van der Waals surface area (Å²) < 4.78 is 1.83. The average molecular weight is 243 g/mol. The lowest BCUT2D eigenvalue weighted by molar-refractivity contribution is 0.158. The highest BCUT2D eigenvalue weighted by molar-refractivity contribution is 7.77. The number of nitrogens with zero attached hydrogens (tertiary/aromatic N) is 1. The normalized spacial score (nSPS) is 25.1. The molecule has 0 aromatic carbocycles. The lowest BCUT2D eigenvalue weighted by atomic mass is 9.96. The van der Waals surface area contributed by atoms with Gasteiger partial charge >= 0.3 is 0 Å². The van der Waals surface area contributed by atoms with Crippen LogP contribution in [0, 0.1) is 0 Å². The maximum absolute atomic E-state index is 4.46. The average Bonchev–Trinajstić information content (AvgIpc) is 2.31. The first-order chi connectivity index (χ1) is 7.84. The van der Waals surface area contributed by atoms with E-state index in [0.29, 0.717) is 12.1 Å². The number of thiol groups is 1. The molecular formula is C12H25N3S. The molecule has 2 fully saturated rings. The first kappa shape index (κ1) is 12.7. The molecular weight excluding hydrogens is 218 g/mol. The Morgan fingerprint density at radius 3 is 1.44 bits per heavy atom. The van der Waals surface area contributed by atoms with Crippen LogP contribution in [0.5, 0.6) is 0 Å². The molecule has 2 N–H and O–H groups in total. The highest BCUT2D eigenvalue weighted by Gasteiger charge is 2.18. The Kier molecular flexibility index (Phi) is 5.42. The summed E-state index contributed by atoms with van der Waals surface area (Å²) in [5, 5.41) is 0. The van der Waals surface area contributed by atoms with Gasteiger partial charge in [0.25, 0.3) is 0 Å². The van der Waals surface area contributed by atoms with Crippen LogP contribution in [-0.4, -0.2) is 16.6 Å². The van der Waals surface area contributed by atoms with Crippen LogP contribution in [0.4, 0.5) is 0 Å². The topological polar surface area (TPSA) is 27.3 Å². The number of rotatable bonds is 4. The highest BCUT2D eigenvalue weighted by atomic mass is 32.1. The molecule has 2 aliphatic carbocycles. The van der Waals surface area contributed by atoms with Gasteiger partial charge in [-0.1, -0.05) is 51.3 Å². The molecule has 2 saturated carbocycles. The molecule has 0 aromatic rings. The summed E-state index contributed by atoms with van der Waals surface area (Å²) in [7, 11) is 0. The molecule has 0 aliphatic heterocycles. The first-order valence-corrected chi connectivity index (χ1v) is 7.26. The van der Waals surface area contributed by atoms with Crippen LogP contribution >= 0.6 is 12.8 Å². The molecule has 0 radical (unpaired) electrons. The van der Waals surface area contributed by atoms with Gasteiger partial charge in [0.2, 0.25) is 0 Å². The quantitative estimate of drug-likeness (QED) is 0.523. The Balaban J connectivity index is 1.64. The predicted octanol–water partition coefficient (Wildman–Crippen LogP) is 2.81. The maximum Gasteiger partial charge on any atom is 0.0237 e. The van der Waals surface area contributed by atoms with Gasteiger partial charge in [0.05, 0.1) is 0 Å². The van der Waals surface area contributed by atoms with Gasteiger partial charge < -0.3 is 0 Å². The van der Waals surface area contributed by atoms with Crippen molar-refractivity contribution in [3.63, 3.8) is 0 Å². The highest BCUT2D eigenvalue weighted by Crippen LogP contribution is 2.19. The molecule has 16 heavy (non-hydrogen) atoms. The molecule has 0 spiro atoms. The van der Waals surface area contributed by atoms with Crippen molar-refractivity contribution in [1.82, 2.24) is 15.4 Å². The molecule has 0 aromatic heterocycles. The number of hydrogen-bond acceptors (Lipinski definition) is 4. The van der Waals surface area contributed by atoms with Crippen molar-refractivity contribution < 1.29 is 0 Å². The minimum atomic E-state index is 0.627. The lowest BCUT2D eigenvalue weighted by Gasteiger charge is -2.32. The number of hydrazine groups is 2. The van der Waals surface area contributed by atoms with Gasteiger partial charge in [-0.05, 0) is 25.7 Å². The van der Waals surface area contributed by atoms with E-state index in [9.17, 15) is 0 Å². The lowest BCUT2D eigenvalue weighted by Crippen LogP contribution is -2.51. The second-order valence-corrected chi connectivity index (χ2v) is 5.64. The molecule has 3 nitrogen and oxygen atoms in total. The van der Waals surface area contributed by atoms with E-state index >= 15 is 0 Å². The maximum atomic E-state index is 4.46. The smallest absolute Gasteiger partial charge is 0.0237 e. The molecule has 94 valence electrons. The molecule has 0 heterocycles. The Hall–Kier alpha value is 0.230. The summed E-state index contributed by atoms with van der Waals surface area (Å²) >= 11 is 4.46. The second kappa shape index (κ2) is 6.84. The van der Waals surface area contributed by atoms with Crippen LogP contribution in [0.1, 0.15) is 64.2 Å². The first-order valence-electron chi connectivity index (χ1n) is 6.86. The third-order valence-electron chi connectivity index (χ3n) is 3.82. The van der Waals surface area contributed by atoms with Crippen molar-refractivity contribution in [2.24, 2.45) is 0 Å². The fourth-order valence-electron chi connectivity index (χ4n) is 2.85. The van der Waals surface area contributed by atoms with Crippen molar-refractivity contribution in [2.45, 2.75) is 76.3 Å². The zero-order valence-electron chi connectivity index (χ0n) is 10.1. The van der Waals surface area contributed by atoms with Gasteiger partial charge in [-0.2, -0.15) is 0 Å². The molecule has 2 rings (SSSR count). The summed E-state index contributed by atoms with van der Waals surface area (Å²) in [6, 6.07) is 1.25. The van der Waals surface area contributed by atoms with E-state index in [0.717, 1.165) is 0 Å². The second-order valence-electron chi connectivity index (χ2n) is 5.24. The van der Waals surface area contributed by atoms with E-state index in [1.165, 1.54) is 64.2 Å². The fraction of sp³-hybridized carbons (Fsp3) is 1.00. The van der Waals surface area contributed by atoms with Crippen molar-refractivity contribution in [3.8, 4) is 0 Å². The van der Waals surface area contributed by atoms with Crippen LogP contribution in [0.2, 0.25) is 0 Å². The standard InChI is InChI=1S/C12H25N3S/c16-15(13-11-7-3-1-4-8-11)14-12-9-5-2-6-10-12/h11-14,16H,1-10H2. The minimum absolute atomic E-state index is 0.627. The van der Waals surface area contributed by atoms with Gasteiger partial charge in [-0.25, -0.2) is 10.9 Å². The monoisotopic (exact) mass is 243 g/mol. The Bertz CT molecular complexity index is 169. The van der Waals surface area contributed by atoms with Gasteiger partial charge in [0.15, 0.2) is 0 Å². The van der Waals surface area contributed by atoms with E-state index in [1.807, 2.05) is 4.52 Å². The molecule has 0 amide bonds. The number of hydrogen-bond donors (Lipinski definition) is 3. The van der Waals surface area contributed by atoms with Crippen LogP contribution in [0.3, 0.4) is 0 Å². The number of nitrogens with one attached hydrogen (secondary N) is 2. The zero-order valence-corrected chi connectivity index (χ0v) is 11.0. The molecule has 2 aliphatic rings. The van der Waals surface area contributed by atoms with E-state index in [1.54, 1.807) is 0 Å². The SMILES string of the molecule is SN(NC1CCCCC1)NC1CCCCC1. The summed E-state index contributed by atoms with van der Waals surface area (Å²) in [5.41, 5.74) is 6.91. The third-order valence-corrected chi connectivity index (χ3v) is 4.05. The van der Waals surface area contributed by atoms with Gasteiger partial charge in [-0.3, -0.25) is 0 Å². The summed E-state index contributed by atoms with van der Waals surface area (Å²) in [6.07, 6.45) is 13.4. The summed E-state index contributed by atoms with van der Waals surface area (Å²) in [5.74, 6) is 0. The van der Waals surface area contributed by atoms with E-state index in [-0.39, 0.29) is 0 Å². The molecule has 0 unspecified atom stereocenters. The van der Waals surface area contributed by atoms with Crippen LogP contribution < -0.4 is 10.9 Å². The largest absolute Gasteiger partial charge is 0.228 e. The van der Waals surface area contributed by atoms with Crippen molar-refractivity contribution in [1.29, 1.82) is 0 Å². The van der Waals surface area contributed by atoms with Crippen molar-refractivity contribution >= 4 is 12.8 Å². The van der Waals surface area contributed by atoms with Gasteiger partial charge in [-0.15, -0.1) is 4.52 Å². The van der Waals surface area contributed by atoms with Crippen LogP contribution in [0.15, 0.2) is 0 Å². The third kappa shape index (κ3) is 4.24. The molecule has 0 saturated heterocycles. The minimum Gasteiger partial charge on any atom is -0.228 e. The van der Waals surface area contributed by atoms with Crippen LogP contribution in [0.25, 0.3) is 0 Å². The Morgan fingerprint density at radius 1 is 0.688 bits per heavy atom. The van der Waals surface area contributed by atoms with Gasteiger partial charge in [0, 0.05) is 12.1 Å².